The first-order valence-electron chi connectivity index (χ1n) is 9.65. The van der Waals surface area contributed by atoms with Gasteiger partial charge < -0.3 is 19.7 Å². The van der Waals surface area contributed by atoms with Crippen molar-refractivity contribution in [3.05, 3.63) is 60.2 Å². The Bertz CT molecular complexity index is 921. The monoisotopic (exact) mass is 394 g/mol. The average molecular weight is 394 g/mol. The van der Waals surface area contributed by atoms with Crippen molar-refractivity contribution in [3.8, 4) is 11.5 Å². The molecular formula is C23H26N2O4. The van der Waals surface area contributed by atoms with Crippen molar-refractivity contribution in [2.45, 2.75) is 33.3 Å². The van der Waals surface area contributed by atoms with E-state index in [2.05, 4.69) is 18.8 Å². The van der Waals surface area contributed by atoms with Crippen molar-refractivity contribution in [1.29, 1.82) is 0 Å². The molecule has 0 radical (unpaired) electrons. The number of carbonyl (C=O) groups excluding carboxylic acids is 2. The molecule has 0 bridgehead atoms. The van der Waals surface area contributed by atoms with Gasteiger partial charge in [-0.2, -0.15) is 0 Å². The van der Waals surface area contributed by atoms with Gasteiger partial charge in [0.05, 0.1) is 5.69 Å². The van der Waals surface area contributed by atoms with Crippen LogP contribution >= 0.6 is 0 Å². The quantitative estimate of drug-likeness (QED) is 0.722. The van der Waals surface area contributed by atoms with Gasteiger partial charge >= 0.3 is 0 Å². The lowest BCUT2D eigenvalue weighted by Gasteiger charge is -2.33. The third-order valence-corrected chi connectivity index (χ3v) is 4.58. The minimum Gasteiger partial charge on any atom is -0.484 e. The molecule has 1 unspecified atom stereocenters. The summed E-state index contributed by atoms with van der Waals surface area (Å²) in [6, 6.07) is 12.9. The number of hydrogen-bond acceptors (Lipinski definition) is 4. The van der Waals surface area contributed by atoms with Crippen molar-refractivity contribution in [1.82, 2.24) is 0 Å². The fraction of sp³-hybridized carbons (Fsp3) is 0.304. The molecule has 1 atom stereocenters. The number of nitrogens with zero attached hydrogens (tertiary/aromatic N) is 1. The second kappa shape index (κ2) is 8.82. The standard InChI is InChI=1S/C23H26N2O4/c1-5-17-6-9-19(10-7-17)28-14-22(26)24-18-8-11-20-21(12-18)29-16(4)23(27)25(20)13-15(2)3/h6-12,16H,2,5,13-14H2,1,3-4H3,(H,24,26). The van der Waals surface area contributed by atoms with E-state index in [4.69, 9.17) is 9.47 Å². The smallest absolute Gasteiger partial charge is 0.268 e. The first-order chi connectivity index (χ1) is 13.9. The molecule has 0 aromatic heterocycles. The molecule has 6 heteroatoms. The molecule has 2 amide bonds. The maximum absolute atomic E-state index is 12.4. The van der Waals surface area contributed by atoms with E-state index in [0.29, 0.717) is 29.4 Å². The molecule has 0 fully saturated rings. The number of benzene rings is 2. The van der Waals surface area contributed by atoms with Crippen molar-refractivity contribution < 1.29 is 19.1 Å². The fourth-order valence-electron chi connectivity index (χ4n) is 3.09. The zero-order valence-electron chi connectivity index (χ0n) is 17.0. The molecule has 2 aromatic carbocycles. The van der Waals surface area contributed by atoms with E-state index in [1.54, 1.807) is 30.0 Å². The van der Waals surface area contributed by atoms with Crippen LogP contribution in [0.1, 0.15) is 26.3 Å². The Morgan fingerprint density at radius 2 is 1.97 bits per heavy atom. The molecule has 3 rings (SSSR count). The number of rotatable bonds is 7. The third-order valence-electron chi connectivity index (χ3n) is 4.58. The topological polar surface area (TPSA) is 67.9 Å². The summed E-state index contributed by atoms with van der Waals surface area (Å²) < 4.78 is 11.3. The molecular weight excluding hydrogens is 368 g/mol. The van der Waals surface area contributed by atoms with Crippen molar-refractivity contribution in [3.63, 3.8) is 0 Å². The molecule has 1 heterocycles. The second-order valence-electron chi connectivity index (χ2n) is 7.16. The number of fused-ring (bicyclic) bond motifs is 1. The van der Waals surface area contributed by atoms with E-state index >= 15 is 0 Å². The lowest BCUT2D eigenvalue weighted by molar-refractivity contribution is -0.125. The average Bonchev–Trinajstić information content (AvgIpc) is 2.70. The first kappa shape index (κ1) is 20.5. The van der Waals surface area contributed by atoms with Crippen molar-refractivity contribution in [2.75, 3.05) is 23.4 Å². The summed E-state index contributed by atoms with van der Waals surface area (Å²) in [7, 11) is 0. The van der Waals surface area contributed by atoms with Gasteiger partial charge in [-0.1, -0.05) is 31.2 Å². The molecule has 0 spiro atoms. The first-order valence-corrected chi connectivity index (χ1v) is 9.65. The number of ether oxygens (including phenoxy) is 2. The van der Waals surface area contributed by atoms with Gasteiger partial charge in [-0.15, -0.1) is 0 Å². The van der Waals surface area contributed by atoms with Crippen LogP contribution in [0.5, 0.6) is 11.5 Å². The molecule has 0 saturated heterocycles. The molecule has 2 aromatic rings. The summed E-state index contributed by atoms with van der Waals surface area (Å²) in [4.78, 5) is 26.3. The Labute approximate surface area is 171 Å². The summed E-state index contributed by atoms with van der Waals surface area (Å²) in [5.74, 6) is 0.809. The molecule has 1 N–H and O–H groups in total. The Balaban J connectivity index is 1.65. The lowest BCUT2D eigenvalue weighted by atomic mass is 10.1. The number of aryl methyl sites for hydroxylation is 1. The highest BCUT2D eigenvalue weighted by Gasteiger charge is 2.31. The number of hydrogen-bond donors (Lipinski definition) is 1. The van der Waals surface area contributed by atoms with Crippen LogP contribution in [0.15, 0.2) is 54.6 Å². The Hall–Kier alpha value is -3.28. The third kappa shape index (κ3) is 4.96. The Morgan fingerprint density at radius 3 is 2.62 bits per heavy atom. The van der Waals surface area contributed by atoms with Crippen LogP contribution in [0.25, 0.3) is 0 Å². The van der Waals surface area contributed by atoms with Gasteiger partial charge in [0.2, 0.25) is 0 Å². The van der Waals surface area contributed by atoms with Crippen LogP contribution < -0.4 is 19.7 Å². The summed E-state index contributed by atoms with van der Waals surface area (Å²) in [6.45, 7) is 9.88. The van der Waals surface area contributed by atoms with Gasteiger partial charge in [0.1, 0.15) is 11.5 Å². The number of amides is 2. The highest BCUT2D eigenvalue weighted by Crippen LogP contribution is 2.36. The van der Waals surface area contributed by atoms with Gasteiger partial charge in [-0.25, -0.2) is 0 Å². The van der Waals surface area contributed by atoms with E-state index in [9.17, 15) is 9.59 Å². The van der Waals surface area contributed by atoms with Crippen LogP contribution in [0.3, 0.4) is 0 Å². The van der Waals surface area contributed by atoms with Crippen LogP contribution in [0.4, 0.5) is 11.4 Å². The predicted octanol–water partition coefficient (Wildman–Crippen LogP) is 3.96. The molecule has 152 valence electrons. The predicted molar refractivity (Wildman–Crippen MR) is 114 cm³/mol. The molecule has 0 aliphatic carbocycles. The molecule has 1 aliphatic rings. The highest BCUT2D eigenvalue weighted by atomic mass is 16.5. The highest BCUT2D eigenvalue weighted by molar-refractivity contribution is 6.01. The van der Waals surface area contributed by atoms with Gasteiger partial charge in [-0.3, -0.25) is 9.59 Å². The zero-order chi connectivity index (χ0) is 21.0. The van der Waals surface area contributed by atoms with Crippen LogP contribution in [0, 0.1) is 0 Å². The Kier molecular flexibility index (Phi) is 6.22. The molecule has 29 heavy (non-hydrogen) atoms. The van der Waals surface area contributed by atoms with Gasteiger partial charge in [0, 0.05) is 18.3 Å². The SMILES string of the molecule is C=C(C)CN1C(=O)C(C)Oc2cc(NC(=O)COc3ccc(CC)cc3)ccc21. The number of anilines is 2. The van der Waals surface area contributed by atoms with Gasteiger partial charge in [0.15, 0.2) is 12.7 Å². The minimum absolute atomic E-state index is 0.0971. The van der Waals surface area contributed by atoms with Crippen LogP contribution in [-0.4, -0.2) is 31.1 Å². The van der Waals surface area contributed by atoms with E-state index in [1.165, 1.54) is 5.56 Å². The summed E-state index contributed by atoms with van der Waals surface area (Å²) >= 11 is 0. The summed E-state index contributed by atoms with van der Waals surface area (Å²) in [5, 5.41) is 2.80. The maximum Gasteiger partial charge on any atom is 0.268 e. The Morgan fingerprint density at radius 1 is 1.24 bits per heavy atom. The molecule has 0 saturated carbocycles. The van der Waals surface area contributed by atoms with Gasteiger partial charge in [0.25, 0.3) is 11.8 Å². The van der Waals surface area contributed by atoms with E-state index in [-0.39, 0.29) is 18.4 Å². The van der Waals surface area contributed by atoms with Gasteiger partial charge in [-0.05, 0) is 50.1 Å². The zero-order valence-corrected chi connectivity index (χ0v) is 17.0. The van der Waals surface area contributed by atoms with E-state index in [0.717, 1.165) is 12.0 Å². The number of nitrogens with one attached hydrogen (secondary N) is 1. The molecule has 1 aliphatic heterocycles. The second-order valence-corrected chi connectivity index (χ2v) is 7.16. The molecule has 6 nitrogen and oxygen atoms in total. The largest absolute Gasteiger partial charge is 0.484 e. The minimum atomic E-state index is -0.595. The van der Waals surface area contributed by atoms with E-state index in [1.807, 2.05) is 31.2 Å². The van der Waals surface area contributed by atoms with Crippen LogP contribution in [0.2, 0.25) is 0 Å². The summed E-state index contributed by atoms with van der Waals surface area (Å²) in [6.07, 6.45) is 0.358. The fourth-order valence-corrected chi connectivity index (χ4v) is 3.09. The van der Waals surface area contributed by atoms with Crippen LogP contribution in [-0.2, 0) is 16.0 Å². The number of carbonyl (C=O) groups is 2. The van der Waals surface area contributed by atoms with Crippen molar-refractivity contribution in [2.24, 2.45) is 0 Å². The van der Waals surface area contributed by atoms with Crippen molar-refractivity contribution >= 4 is 23.2 Å². The van der Waals surface area contributed by atoms with E-state index < -0.39 is 6.10 Å². The lowest BCUT2D eigenvalue weighted by Crippen LogP contribution is -2.45. The maximum atomic E-state index is 12.4. The summed E-state index contributed by atoms with van der Waals surface area (Å²) in [5.41, 5.74) is 3.33. The normalized spacial score (nSPS) is 15.3.